The molecule has 0 aliphatic heterocycles. The Morgan fingerprint density at radius 3 is 2.35 bits per heavy atom. The number of benzene rings is 3. The molecule has 0 saturated carbocycles. The SMILES string of the molecule is COc1ccc(OC)c(C(C)NC(=O)c2ccccc2NC(=O)c2ccc([N+](=O)[O-])cc2Cl)c1. The van der Waals surface area contributed by atoms with E-state index in [9.17, 15) is 19.7 Å². The molecule has 0 aliphatic carbocycles. The second-order valence-electron chi connectivity index (χ2n) is 7.22. The molecule has 2 amide bonds. The number of amides is 2. The average molecular weight is 484 g/mol. The van der Waals surface area contributed by atoms with Crippen LogP contribution in [-0.2, 0) is 0 Å². The van der Waals surface area contributed by atoms with E-state index in [1.807, 2.05) is 0 Å². The fraction of sp³-hybridized carbons (Fsp3) is 0.167. The topological polar surface area (TPSA) is 120 Å². The van der Waals surface area contributed by atoms with Crippen LogP contribution in [0.3, 0.4) is 0 Å². The number of carbonyl (C=O) groups is 2. The predicted octanol–water partition coefficient (Wildman–Crippen LogP) is 5.01. The second-order valence-corrected chi connectivity index (χ2v) is 7.63. The van der Waals surface area contributed by atoms with Crippen molar-refractivity contribution in [1.29, 1.82) is 0 Å². The highest BCUT2D eigenvalue weighted by Gasteiger charge is 2.20. The molecule has 0 radical (unpaired) electrons. The summed E-state index contributed by atoms with van der Waals surface area (Å²) in [4.78, 5) is 36.1. The number of halogens is 1. The zero-order valence-electron chi connectivity index (χ0n) is 18.6. The minimum Gasteiger partial charge on any atom is -0.497 e. The van der Waals surface area contributed by atoms with Crippen LogP contribution >= 0.6 is 11.6 Å². The van der Waals surface area contributed by atoms with E-state index in [1.165, 1.54) is 19.2 Å². The lowest BCUT2D eigenvalue weighted by Gasteiger charge is -2.19. The van der Waals surface area contributed by atoms with Crippen LogP contribution in [0.15, 0.2) is 60.7 Å². The van der Waals surface area contributed by atoms with Crippen LogP contribution in [0.5, 0.6) is 11.5 Å². The molecule has 0 aromatic heterocycles. The Balaban J connectivity index is 1.82. The largest absolute Gasteiger partial charge is 0.497 e. The van der Waals surface area contributed by atoms with Gasteiger partial charge in [0.1, 0.15) is 11.5 Å². The Labute approximate surface area is 200 Å². The first-order valence-electron chi connectivity index (χ1n) is 10.1. The average Bonchev–Trinajstić information content (AvgIpc) is 2.83. The van der Waals surface area contributed by atoms with E-state index >= 15 is 0 Å². The number of anilines is 1. The van der Waals surface area contributed by atoms with Gasteiger partial charge in [-0.1, -0.05) is 23.7 Å². The van der Waals surface area contributed by atoms with E-state index in [-0.39, 0.29) is 27.5 Å². The van der Waals surface area contributed by atoms with Gasteiger partial charge in [0.2, 0.25) is 0 Å². The maximum Gasteiger partial charge on any atom is 0.270 e. The van der Waals surface area contributed by atoms with Gasteiger partial charge in [-0.2, -0.15) is 0 Å². The maximum atomic E-state index is 13.1. The molecule has 0 heterocycles. The van der Waals surface area contributed by atoms with Crippen LogP contribution in [0, 0.1) is 10.1 Å². The van der Waals surface area contributed by atoms with Gasteiger partial charge in [0.15, 0.2) is 0 Å². The lowest BCUT2D eigenvalue weighted by atomic mass is 10.1. The molecule has 1 unspecified atom stereocenters. The number of nitrogens with one attached hydrogen (secondary N) is 2. The molecule has 10 heteroatoms. The molecule has 34 heavy (non-hydrogen) atoms. The Morgan fingerprint density at radius 1 is 0.971 bits per heavy atom. The highest BCUT2D eigenvalue weighted by atomic mass is 35.5. The molecule has 0 aliphatic rings. The Morgan fingerprint density at radius 2 is 1.71 bits per heavy atom. The number of nitro groups is 1. The first kappa shape index (κ1) is 24.5. The zero-order valence-corrected chi connectivity index (χ0v) is 19.4. The lowest BCUT2D eigenvalue weighted by Crippen LogP contribution is -2.28. The number of nitrogens with zero attached hydrogens (tertiary/aromatic N) is 1. The molecule has 0 fully saturated rings. The molecule has 176 valence electrons. The smallest absolute Gasteiger partial charge is 0.270 e. The highest BCUT2D eigenvalue weighted by Crippen LogP contribution is 2.30. The second kappa shape index (κ2) is 10.7. The third kappa shape index (κ3) is 5.44. The first-order valence-corrected chi connectivity index (χ1v) is 10.5. The molecular weight excluding hydrogens is 462 g/mol. The minimum absolute atomic E-state index is 0.0389. The van der Waals surface area contributed by atoms with Crippen molar-refractivity contribution in [3.05, 3.63) is 92.5 Å². The standard InChI is InChI=1S/C24H22ClN3O6/c1-14(19-13-16(33-2)9-11-22(19)34-3)26-24(30)18-6-4-5-7-21(18)27-23(29)17-10-8-15(28(31)32)12-20(17)25/h4-14H,1-3H3,(H,26,30)(H,27,29). The third-order valence-corrected chi connectivity index (χ3v) is 5.39. The van der Waals surface area contributed by atoms with Crippen LogP contribution in [0.25, 0.3) is 0 Å². The van der Waals surface area contributed by atoms with Crippen LogP contribution in [0.4, 0.5) is 11.4 Å². The Kier molecular flexibility index (Phi) is 7.70. The van der Waals surface area contributed by atoms with Crippen molar-refractivity contribution in [2.24, 2.45) is 0 Å². The van der Waals surface area contributed by atoms with E-state index in [0.29, 0.717) is 11.5 Å². The monoisotopic (exact) mass is 483 g/mol. The van der Waals surface area contributed by atoms with E-state index in [4.69, 9.17) is 21.1 Å². The molecule has 1 atom stereocenters. The van der Waals surface area contributed by atoms with Crippen LogP contribution in [0.2, 0.25) is 5.02 Å². The number of non-ortho nitro benzene ring substituents is 1. The molecular formula is C24H22ClN3O6. The van der Waals surface area contributed by atoms with Gasteiger partial charge >= 0.3 is 0 Å². The van der Waals surface area contributed by atoms with E-state index in [0.717, 1.165) is 11.6 Å². The van der Waals surface area contributed by atoms with Crippen LogP contribution in [0.1, 0.15) is 39.2 Å². The van der Waals surface area contributed by atoms with Crippen molar-refractivity contribution in [2.45, 2.75) is 13.0 Å². The summed E-state index contributed by atoms with van der Waals surface area (Å²) in [5.41, 5.74) is 1.00. The van der Waals surface area contributed by atoms with E-state index in [1.54, 1.807) is 56.5 Å². The summed E-state index contributed by atoms with van der Waals surface area (Å²) >= 11 is 6.06. The van der Waals surface area contributed by atoms with Gasteiger partial charge < -0.3 is 20.1 Å². The summed E-state index contributed by atoms with van der Waals surface area (Å²) in [5.74, 6) is 0.165. The van der Waals surface area contributed by atoms with Crippen molar-refractivity contribution < 1.29 is 24.0 Å². The zero-order chi connectivity index (χ0) is 24.8. The van der Waals surface area contributed by atoms with Gasteiger partial charge in [-0.3, -0.25) is 19.7 Å². The van der Waals surface area contributed by atoms with E-state index < -0.39 is 22.8 Å². The number of methoxy groups -OCH3 is 2. The van der Waals surface area contributed by atoms with Gasteiger partial charge in [0.25, 0.3) is 17.5 Å². The van der Waals surface area contributed by atoms with Gasteiger partial charge in [-0.15, -0.1) is 0 Å². The highest BCUT2D eigenvalue weighted by molar-refractivity contribution is 6.34. The van der Waals surface area contributed by atoms with Crippen molar-refractivity contribution in [3.63, 3.8) is 0 Å². The molecule has 3 aromatic rings. The number of carbonyl (C=O) groups excluding carboxylic acids is 2. The van der Waals surface area contributed by atoms with Gasteiger partial charge in [-0.25, -0.2) is 0 Å². The van der Waals surface area contributed by atoms with Crippen molar-refractivity contribution in [1.82, 2.24) is 5.32 Å². The van der Waals surface area contributed by atoms with Crippen LogP contribution in [-0.4, -0.2) is 31.0 Å². The predicted molar refractivity (Wildman–Crippen MR) is 128 cm³/mol. The fourth-order valence-corrected chi connectivity index (χ4v) is 3.57. The number of para-hydroxylation sites is 1. The van der Waals surface area contributed by atoms with Gasteiger partial charge in [0.05, 0.1) is 47.0 Å². The van der Waals surface area contributed by atoms with E-state index in [2.05, 4.69) is 10.6 Å². The van der Waals surface area contributed by atoms with Gasteiger partial charge in [-0.05, 0) is 43.3 Å². The van der Waals surface area contributed by atoms with Gasteiger partial charge in [0, 0.05) is 17.7 Å². The summed E-state index contributed by atoms with van der Waals surface area (Å²) < 4.78 is 10.7. The molecule has 0 bridgehead atoms. The maximum absolute atomic E-state index is 13.1. The van der Waals surface area contributed by atoms with Crippen molar-refractivity contribution >= 4 is 34.8 Å². The summed E-state index contributed by atoms with van der Waals surface area (Å²) in [6.45, 7) is 1.80. The molecule has 3 aromatic carbocycles. The molecule has 9 nitrogen and oxygen atoms in total. The van der Waals surface area contributed by atoms with Crippen molar-refractivity contribution in [3.8, 4) is 11.5 Å². The fourth-order valence-electron chi connectivity index (χ4n) is 3.31. The van der Waals surface area contributed by atoms with Crippen LogP contribution < -0.4 is 20.1 Å². The molecule has 0 spiro atoms. The summed E-state index contributed by atoms with van der Waals surface area (Å²) in [7, 11) is 3.08. The number of rotatable bonds is 8. The summed E-state index contributed by atoms with van der Waals surface area (Å²) in [5, 5.41) is 16.4. The summed E-state index contributed by atoms with van der Waals surface area (Å²) in [6, 6.07) is 14.8. The molecule has 2 N–H and O–H groups in total. The number of ether oxygens (including phenoxy) is 2. The molecule has 0 saturated heterocycles. The number of hydrogen-bond donors (Lipinski definition) is 2. The Hall–Kier alpha value is -4.11. The quantitative estimate of drug-likeness (QED) is 0.343. The summed E-state index contributed by atoms with van der Waals surface area (Å²) in [6.07, 6.45) is 0. The van der Waals surface area contributed by atoms with Crippen molar-refractivity contribution in [2.75, 3.05) is 19.5 Å². The third-order valence-electron chi connectivity index (χ3n) is 5.08. The molecule has 3 rings (SSSR count). The number of nitro benzene ring substituents is 1. The minimum atomic E-state index is -0.609. The number of hydrogen-bond acceptors (Lipinski definition) is 6. The Bertz CT molecular complexity index is 1250. The normalized spacial score (nSPS) is 11.3. The first-order chi connectivity index (χ1) is 16.2. The lowest BCUT2D eigenvalue weighted by molar-refractivity contribution is -0.384.